The Bertz CT molecular complexity index is 366. The molecule has 0 bridgehead atoms. The summed E-state index contributed by atoms with van der Waals surface area (Å²) in [6.45, 7) is 3.58. The zero-order valence-corrected chi connectivity index (χ0v) is 7.85. The van der Waals surface area contributed by atoms with Crippen LogP contribution in [0.15, 0.2) is 0 Å². The van der Waals surface area contributed by atoms with Gasteiger partial charge in [0.15, 0.2) is 0 Å². The average molecular weight is 198 g/mol. The van der Waals surface area contributed by atoms with Crippen LogP contribution >= 0.6 is 0 Å². The zero-order chi connectivity index (χ0) is 10.7. The van der Waals surface area contributed by atoms with E-state index in [-0.39, 0.29) is 24.0 Å². The van der Waals surface area contributed by atoms with Gasteiger partial charge < -0.3 is 10.5 Å². The van der Waals surface area contributed by atoms with Crippen LogP contribution in [0.4, 0.5) is 11.5 Å². The van der Waals surface area contributed by atoms with Crippen LogP contribution in [0.5, 0.6) is 5.88 Å². The summed E-state index contributed by atoms with van der Waals surface area (Å²) >= 11 is 0. The van der Waals surface area contributed by atoms with Gasteiger partial charge in [-0.25, -0.2) is 4.98 Å². The van der Waals surface area contributed by atoms with Crippen molar-refractivity contribution in [3.8, 4) is 5.88 Å². The first-order valence-electron chi connectivity index (χ1n) is 3.97. The van der Waals surface area contributed by atoms with Gasteiger partial charge in [0.25, 0.3) is 5.88 Å². The molecule has 0 aliphatic rings. The highest BCUT2D eigenvalue weighted by Gasteiger charge is 2.23. The number of nitrogen functional groups attached to an aromatic ring is 1. The van der Waals surface area contributed by atoms with Gasteiger partial charge in [-0.3, -0.25) is 10.1 Å². The van der Waals surface area contributed by atoms with E-state index in [0.717, 1.165) is 0 Å². The van der Waals surface area contributed by atoms with Crippen molar-refractivity contribution in [3.05, 3.63) is 15.9 Å². The summed E-state index contributed by atoms with van der Waals surface area (Å²) in [5, 5.41) is 10.6. The van der Waals surface area contributed by atoms with Crippen molar-refractivity contribution in [2.24, 2.45) is 0 Å². The van der Waals surface area contributed by atoms with E-state index in [1.165, 1.54) is 0 Å². The Kier molecular flexibility index (Phi) is 2.80. The average Bonchev–Trinajstić information content (AvgIpc) is 2.01. The maximum absolute atomic E-state index is 10.6. The van der Waals surface area contributed by atoms with Gasteiger partial charge in [0.2, 0.25) is 5.82 Å². The molecule has 0 unspecified atom stereocenters. The predicted octanol–water partition coefficient (Wildman–Crippen LogP) is 0.674. The highest BCUT2D eigenvalue weighted by Crippen LogP contribution is 2.29. The van der Waals surface area contributed by atoms with Gasteiger partial charge in [0.05, 0.1) is 11.5 Å². The first-order valence-corrected chi connectivity index (χ1v) is 3.97. The van der Waals surface area contributed by atoms with Gasteiger partial charge in [-0.05, 0) is 13.8 Å². The Balaban J connectivity index is 3.28. The van der Waals surface area contributed by atoms with Gasteiger partial charge in [-0.15, -0.1) is 0 Å². The fourth-order valence-corrected chi connectivity index (χ4v) is 0.971. The molecule has 0 aromatic carbocycles. The van der Waals surface area contributed by atoms with Gasteiger partial charge in [-0.2, -0.15) is 4.98 Å². The van der Waals surface area contributed by atoms with E-state index in [4.69, 9.17) is 10.5 Å². The third kappa shape index (κ3) is 1.87. The second kappa shape index (κ2) is 3.86. The Morgan fingerprint density at radius 3 is 2.71 bits per heavy atom. The molecule has 0 fully saturated rings. The summed E-state index contributed by atoms with van der Waals surface area (Å²) in [6, 6.07) is 0. The van der Waals surface area contributed by atoms with E-state index in [1.54, 1.807) is 13.8 Å². The Morgan fingerprint density at radius 1 is 1.57 bits per heavy atom. The number of rotatable bonds is 3. The molecule has 0 aliphatic heterocycles. The molecule has 0 amide bonds. The van der Waals surface area contributed by atoms with Crippen molar-refractivity contribution >= 4 is 11.5 Å². The van der Waals surface area contributed by atoms with Crippen molar-refractivity contribution in [2.75, 3.05) is 12.3 Å². The third-order valence-corrected chi connectivity index (χ3v) is 1.45. The van der Waals surface area contributed by atoms with Crippen molar-refractivity contribution < 1.29 is 9.66 Å². The van der Waals surface area contributed by atoms with Crippen LogP contribution in [-0.4, -0.2) is 21.5 Å². The lowest BCUT2D eigenvalue weighted by molar-refractivity contribution is -0.385. The minimum Gasteiger partial charge on any atom is -0.473 e. The molecule has 2 N–H and O–H groups in total. The second-order valence-electron chi connectivity index (χ2n) is 2.50. The molecular weight excluding hydrogens is 188 g/mol. The fourth-order valence-electron chi connectivity index (χ4n) is 0.971. The van der Waals surface area contributed by atoms with Gasteiger partial charge in [0.1, 0.15) is 5.82 Å². The standard InChI is InChI=1S/C7H10N4O3/c1-3-14-7-5(11(12)13)6(8)9-4(2)10-7/h3H2,1-2H3,(H2,8,9,10). The minimum absolute atomic E-state index is 0.0810. The number of nitro groups is 1. The number of aryl methyl sites for hydroxylation is 1. The molecule has 7 heteroatoms. The molecule has 1 rings (SSSR count). The molecule has 1 aromatic rings. The van der Waals surface area contributed by atoms with E-state index in [2.05, 4.69) is 9.97 Å². The number of aromatic nitrogens is 2. The van der Waals surface area contributed by atoms with Crippen molar-refractivity contribution in [1.82, 2.24) is 9.97 Å². The molecule has 1 aromatic heterocycles. The predicted molar refractivity (Wildman–Crippen MR) is 49.0 cm³/mol. The van der Waals surface area contributed by atoms with Gasteiger partial charge in [0, 0.05) is 0 Å². The smallest absolute Gasteiger partial charge is 0.372 e. The van der Waals surface area contributed by atoms with E-state index in [0.29, 0.717) is 5.82 Å². The van der Waals surface area contributed by atoms with E-state index < -0.39 is 4.92 Å². The summed E-state index contributed by atoms with van der Waals surface area (Å²) in [5.41, 5.74) is 5.00. The summed E-state index contributed by atoms with van der Waals surface area (Å²) in [4.78, 5) is 17.4. The summed E-state index contributed by atoms with van der Waals surface area (Å²) in [7, 11) is 0. The molecule has 0 aliphatic carbocycles. The van der Waals surface area contributed by atoms with Crippen LogP contribution < -0.4 is 10.5 Å². The molecular formula is C7H10N4O3. The lowest BCUT2D eigenvalue weighted by Gasteiger charge is -2.04. The van der Waals surface area contributed by atoms with Gasteiger partial charge in [-0.1, -0.05) is 0 Å². The van der Waals surface area contributed by atoms with E-state index in [1.807, 2.05) is 0 Å². The SMILES string of the molecule is CCOc1nc(C)nc(N)c1[N+](=O)[O-]. The lowest BCUT2D eigenvalue weighted by Crippen LogP contribution is -2.06. The highest BCUT2D eigenvalue weighted by molar-refractivity contribution is 5.58. The number of nitrogens with zero attached hydrogens (tertiary/aromatic N) is 3. The molecule has 0 spiro atoms. The Labute approximate surface area is 80.1 Å². The minimum atomic E-state index is -0.653. The summed E-state index contributed by atoms with van der Waals surface area (Å²) < 4.78 is 4.99. The molecule has 0 saturated heterocycles. The van der Waals surface area contributed by atoms with Crippen LogP contribution in [-0.2, 0) is 0 Å². The Morgan fingerprint density at radius 2 is 2.21 bits per heavy atom. The van der Waals surface area contributed by atoms with E-state index >= 15 is 0 Å². The first-order chi connectivity index (χ1) is 6.56. The summed E-state index contributed by atoms with van der Waals surface area (Å²) in [6.07, 6.45) is 0. The van der Waals surface area contributed by atoms with Crippen LogP contribution in [0.1, 0.15) is 12.7 Å². The number of ether oxygens (including phenoxy) is 1. The van der Waals surface area contributed by atoms with Crippen molar-refractivity contribution in [3.63, 3.8) is 0 Å². The molecule has 0 atom stereocenters. The number of nitrogens with two attached hydrogens (primary N) is 1. The molecule has 0 saturated carbocycles. The first kappa shape index (κ1) is 10.2. The van der Waals surface area contributed by atoms with Crippen molar-refractivity contribution in [1.29, 1.82) is 0 Å². The largest absolute Gasteiger partial charge is 0.473 e. The monoisotopic (exact) mass is 198 g/mol. The van der Waals surface area contributed by atoms with Crippen LogP contribution in [0, 0.1) is 17.0 Å². The van der Waals surface area contributed by atoms with Crippen LogP contribution in [0.2, 0.25) is 0 Å². The quantitative estimate of drug-likeness (QED) is 0.565. The van der Waals surface area contributed by atoms with Gasteiger partial charge >= 0.3 is 5.69 Å². The topological polar surface area (TPSA) is 104 Å². The van der Waals surface area contributed by atoms with Crippen LogP contribution in [0.3, 0.4) is 0 Å². The van der Waals surface area contributed by atoms with Crippen LogP contribution in [0.25, 0.3) is 0 Å². The maximum atomic E-state index is 10.6. The fraction of sp³-hybridized carbons (Fsp3) is 0.429. The highest BCUT2D eigenvalue weighted by atomic mass is 16.6. The molecule has 7 nitrogen and oxygen atoms in total. The molecule has 76 valence electrons. The maximum Gasteiger partial charge on any atom is 0.372 e. The Hall–Kier alpha value is -1.92. The lowest BCUT2D eigenvalue weighted by atomic mass is 10.4. The number of anilines is 1. The molecule has 14 heavy (non-hydrogen) atoms. The zero-order valence-electron chi connectivity index (χ0n) is 7.85. The summed E-state index contributed by atoms with van der Waals surface area (Å²) in [5.74, 6) is 0.0880. The third-order valence-electron chi connectivity index (χ3n) is 1.45. The number of hydrogen-bond donors (Lipinski definition) is 1. The van der Waals surface area contributed by atoms with E-state index in [9.17, 15) is 10.1 Å². The second-order valence-corrected chi connectivity index (χ2v) is 2.50. The number of hydrogen-bond acceptors (Lipinski definition) is 6. The molecule has 1 heterocycles. The normalized spacial score (nSPS) is 9.86. The van der Waals surface area contributed by atoms with Crippen molar-refractivity contribution in [2.45, 2.75) is 13.8 Å². The molecule has 0 radical (unpaired) electrons.